The Hall–Kier alpha value is -1.69. The Morgan fingerprint density at radius 1 is 1.33 bits per heavy atom. The van der Waals surface area contributed by atoms with Crippen molar-refractivity contribution in [1.82, 2.24) is 20.1 Å². The van der Waals surface area contributed by atoms with Crippen LogP contribution in [0.25, 0.3) is 0 Å². The standard InChI is InChI=1S/C15H20N4OS/c20-15(6-5-12-7-9-21-11-12)16-10-14-18-17-13-4-2-1-3-8-19(13)14/h7,9,11H,1-6,8,10H2,(H,16,20). The molecule has 2 aromatic heterocycles. The maximum Gasteiger partial charge on any atom is 0.220 e. The Balaban J connectivity index is 1.50. The van der Waals surface area contributed by atoms with Crippen LogP contribution in [0.4, 0.5) is 0 Å². The summed E-state index contributed by atoms with van der Waals surface area (Å²) in [7, 11) is 0. The van der Waals surface area contributed by atoms with Crippen LogP contribution in [0.3, 0.4) is 0 Å². The maximum atomic E-state index is 11.9. The minimum Gasteiger partial charge on any atom is -0.349 e. The SMILES string of the molecule is O=C(CCc1ccsc1)NCc1nnc2n1CCCCC2. The van der Waals surface area contributed by atoms with Gasteiger partial charge in [0.2, 0.25) is 5.91 Å². The van der Waals surface area contributed by atoms with Gasteiger partial charge in [-0.2, -0.15) is 11.3 Å². The molecule has 21 heavy (non-hydrogen) atoms. The number of nitrogens with zero attached hydrogens (tertiary/aromatic N) is 3. The number of aromatic nitrogens is 3. The lowest BCUT2D eigenvalue weighted by molar-refractivity contribution is -0.121. The van der Waals surface area contributed by atoms with Crippen LogP contribution in [-0.2, 0) is 30.7 Å². The third-order valence-corrected chi connectivity index (χ3v) is 4.58. The first-order valence-electron chi connectivity index (χ1n) is 7.51. The van der Waals surface area contributed by atoms with Crippen LogP contribution in [-0.4, -0.2) is 20.7 Å². The zero-order chi connectivity index (χ0) is 14.5. The molecule has 6 heteroatoms. The highest BCUT2D eigenvalue weighted by molar-refractivity contribution is 7.07. The molecule has 3 rings (SSSR count). The van der Waals surface area contributed by atoms with Crippen molar-refractivity contribution in [2.24, 2.45) is 0 Å². The van der Waals surface area contributed by atoms with Crippen molar-refractivity contribution in [2.45, 2.75) is 51.6 Å². The fourth-order valence-corrected chi connectivity index (χ4v) is 3.34. The fraction of sp³-hybridized carbons (Fsp3) is 0.533. The van der Waals surface area contributed by atoms with Gasteiger partial charge in [-0.3, -0.25) is 4.79 Å². The van der Waals surface area contributed by atoms with Gasteiger partial charge in [-0.05, 0) is 41.7 Å². The topological polar surface area (TPSA) is 59.8 Å². The molecule has 0 aromatic carbocycles. The van der Waals surface area contributed by atoms with Gasteiger partial charge >= 0.3 is 0 Å². The molecule has 0 saturated heterocycles. The van der Waals surface area contributed by atoms with Gasteiger partial charge in [-0.25, -0.2) is 0 Å². The number of carbonyl (C=O) groups excluding carboxylic acids is 1. The molecule has 1 amide bonds. The first kappa shape index (κ1) is 14.3. The lowest BCUT2D eigenvalue weighted by atomic mass is 10.2. The summed E-state index contributed by atoms with van der Waals surface area (Å²) in [5, 5.41) is 15.6. The van der Waals surface area contributed by atoms with Crippen molar-refractivity contribution < 1.29 is 4.79 Å². The number of hydrogen-bond acceptors (Lipinski definition) is 4. The van der Waals surface area contributed by atoms with E-state index in [2.05, 4.69) is 31.5 Å². The zero-order valence-electron chi connectivity index (χ0n) is 12.0. The molecule has 5 nitrogen and oxygen atoms in total. The molecule has 2 aromatic rings. The summed E-state index contributed by atoms with van der Waals surface area (Å²) in [6.45, 7) is 1.46. The third-order valence-electron chi connectivity index (χ3n) is 3.85. The second-order valence-electron chi connectivity index (χ2n) is 5.40. The lowest BCUT2D eigenvalue weighted by Gasteiger charge is -2.08. The third kappa shape index (κ3) is 3.69. The normalized spacial score (nSPS) is 14.5. The van der Waals surface area contributed by atoms with Gasteiger partial charge in [0.05, 0.1) is 6.54 Å². The van der Waals surface area contributed by atoms with E-state index in [1.807, 2.05) is 5.38 Å². The number of thiophene rings is 1. The predicted molar refractivity (Wildman–Crippen MR) is 82.1 cm³/mol. The molecule has 112 valence electrons. The molecule has 0 spiro atoms. The van der Waals surface area contributed by atoms with Crippen molar-refractivity contribution in [3.63, 3.8) is 0 Å². The lowest BCUT2D eigenvalue weighted by Crippen LogP contribution is -2.25. The summed E-state index contributed by atoms with van der Waals surface area (Å²) in [5.74, 6) is 2.03. The van der Waals surface area contributed by atoms with E-state index in [1.165, 1.54) is 24.8 Å². The van der Waals surface area contributed by atoms with Gasteiger partial charge < -0.3 is 9.88 Å². The molecule has 3 heterocycles. The highest BCUT2D eigenvalue weighted by Gasteiger charge is 2.14. The first-order chi connectivity index (χ1) is 10.3. The van der Waals surface area contributed by atoms with Crippen LogP contribution >= 0.6 is 11.3 Å². The number of amides is 1. The van der Waals surface area contributed by atoms with Crippen molar-refractivity contribution >= 4 is 17.2 Å². The summed E-state index contributed by atoms with van der Waals surface area (Å²) in [5.41, 5.74) is 1.23. The largest absolute Gasteiger partial charge is 0.349 e. The minimum atomic E-state index is 0.0761. The summed E-state index contributed by atoms with van der Waals surface area (Å²) in [6.07, 6.45) is 5.93. The Labute approximate surface area is 128 Å². The average Bonchev–Trinajstić information content (AvgIpc) is 3.08. The van der Waals surface area contributed by atoms with E-state index in [1.54, 1.807) is 11.3 Å². The summed E-state index contributed by atoms with van der Waals surface area (Å²) >= 11 is 1.67. The average molecular weight is 304 g/mol. The van der Waals surface area contributed by atoms with Crippen LogP contribution in [0.2, 0.25) is 0 Å². The van der Waals surface area contributed by atoms with Crippen molar-refractivity contribution in [3.8, 4) is 0 Å². The number of rotatable bonds is 5. The monoisotopic (exact) mass is 304 g/mol. The molecule has 0 fully saturated rings. The fourth-order valence-electron chi connectivity index (χ4n) is 2.63. The van der Waals surface area contributed by atoms with Gasteiger partial charge in [-0.15, -0.1) is 10.2 Å². The number of aryl methyl sites for hydroxylation is 2. The molecular formula is C15H20N4OS. The number of carbonyl (C=O) groups is 1. The Bertz CT molecular complexity index is 591. The van der Waals surface area contributed by atoms with Crippen LogP contribution in [0.5, 0.6) is 0 Å². The van der Waals surface area contributed by atoms with E-state index in [0.717, 1.165) is 31.0 Å². The van der Waals surface area contributed by atoms with E-state index < -0.39 is 0 Å². The van der Waals surface area contributed by atoms with Gasteiger partial charge in [0.15, 0.2) is 5.82 Å². The van der Waals surface area contributed by atoms with Crippen molar-refractivity contribution in [1.29, 1.82) is 0 Å². The predicted octanol–water partition coefficient (Wildman–Crippen LogP) is 2.32. The molecule has 1 N–H and O–H groups in total. The first-order valence-corrected chi connectivity index (χ1v) is 8.46. The zero-order valence-corrected chi connectivity index (χ0v) is 12.9. The Morgan fingerprint density at radius 2 is 2.29 bits per heavy atom. The van der Waals surface area contributed by atoms with E-state index in [0.29, 0.717) is 13.0 Å². The van der Waals surface area contributed by atoms with Gasteiger partial charge in [0, 0.05) is 19.4 Å². The second kappa shape index (κ2) is 6.85. The van der Waals surface area contributed by atoms with Crippen LogP contribution in [0.1, 0.15) is 42.9 Å². The van der Waals surface area contributed by atoms with Crippen LogP contribution in [0.15, 0.2) is 16.8 Å². The summed E-state index contributed by atoms with van der Waals surface area (Å²) in [6, 6.07) is 2.07. The van der Waals surface area contributed by atoms with E-state index in [-0.39, 0.29) is 5.91 Å². The van der Waals surface area contributed by atoms with Gasteiger partial charge in [-0.1, -0.05) is 6.42 Å². The number of hydrogen-bond donors (Lipinski definition) is 1. The quantitative estimate of drug-likeness (QED) is 0.922. The van der Waals surface area contributed by atoms with Gasteiger partial charge in [0.1, 0.15) is 5.82 Å². The molecule has 0 radical (unpaired) electrons. The highest BCUT2D eigenvalue weighted by atomic mass is 32.1. The summed E-state index contributed by atoms with van der Waals surface area (Å²) < 4.78 is 2.17. The molecule has 0 atom stereocenters. The minimum absolute atomic E-state index is 0.0761. The molecule has 1 aliphatic heterocycles. The van der Waals surface area contributed by atoms with Crippen molar-refractivity contribution in [3.05, 3.63) is 34.0 Å². The maximum absolute atomic E-state index is 11.9. The molecular weight excluding hydrogens is 284 g/mol. The molecule has 0 saturated carbocycles. The second-order valence-corrected chi connectivity index (χ2v) is 6.18. The van der Waals surface area contributed by atoms with Gasteiger partial charge in [0.25, 0.3) is 0 Å². The van der Waals surface area contributed by atoms with Crippen molar-refractivity contribution in [2.75, 3.05) is 0 Å². The Kier molecular flexibility index (Phi) is 4.65. The molecule has 1 aliphatic rings. The molecule has 0 aliphatic carbocycles. The molecule has 0 bridgehead atoms. The Morgan fingerprint density at radius 3 is 3.14 bits per heavy atom. The van der Waals surface area contributed by atoms with E-state index in [4.69, 9.17) is 0 Å². The molecule has 0 unspecified atom stereocenters. The van der Waals surface area contributed by atoms with Crippen LogP contribution < -0.4 is 5.32 Å². The van der Waals surface area contributed by atoms with Crippen LogP contribution in [0, 0.1) is 0 Å². The van der Waals surface area contributed by atoms with E-state index >= 15 is 0 Å². The summed E-state index contributed by atoms with van der Waals surface area (Å²) in [4.78, 5) is 11.9. The number of nitrogens with one attached hydrogen (secondary N) is 1. The van der Waals surface area contributed by atoms with E-state index in [9.17, 15) is 4.79 Å². The number of fused-ring (bicyclic) bond motifs is 1. The smallest absolute Gasteiger partial charge is 0.220 e. The highest BCUT2D eigenvalue weighted by Crippen LogP contribution is 2.14.